The van der Waals surface area contributed by atoms with Gasteiger partial charge < -0.3 is 22.1 Å². The molecule has 0 saturated heterocycles. The van der Waals surface area contributed by atoms with Gasteiger partial charge >= 0.3 is 0 Å². The van der Waals surface area contributed by atoms with Crippen molar-refractivity contribution in [2.75, 3.05) is 18.1 Å². The third-order valence-electron chi connectivity index (χ3n) is 1.55. The van der Waals surface area contributed by atoms with E-state index in [2.05, 4.69) is 10.6 Å². The number of nitrogens with two attached hydrogens (primary N) is 2. The van der Waals surface area contributed by atoms with E-state index in [4.69, 9.17) is 11.5 Å². The Bertz CT molecular complexity index is 310. The number of hydrogen-bond donors (Lipinski definition) is 4. The molecule has 0 saturated carbocycles. The van der Waals surface area contributed by atoms with Crippen molar-refractivity contribution >= 4 is 35.9 Å². The molecule has 8 nitrogen and oxygen atoms in total. The quantitative estimate of drug-likeness (QED) is 0.326. The van der Waals surface area contributed by atoms with Crippen LogP contribution in [0.3, 0.4) is 0 Å². The van der Waals surface area contributed by atoms with E-state index < -0.39 is 23.8 Å². The number of carbonyl (C=O) groups excluding carboxylic acids is 4. The van der Waals surface area contributed by atoms with Crippen molar-refractivity contribution in [2.24, 2.45) is 11.5 Å². The first kappa shape index (κ1) is 15.2. The fourth-order valence-corrected chi connectivity index (χ4v) is 1.66. The summed E-state index contributed by atoms with van der Waals surface area (Å²) in [7, 11) is 0. The zero-order chi connectivity index (χ0) is 13.3. The van der Waals surface area contributed by atoms with E-state index in [1.165, 1.54) is 0 Å². The van der Waals surface area contributed by atoms with Gasteiger partial charge in [-0.1, -0.05) is 0 Å². The Morgan fingerprint density at radius 3 is 2.35 bits per heavy atom. The van der Waals surface area contributed by atoms with Gasteiger partial charge in [0, 0.05) is 5.75 Å². The van der Waals surface area contributed by atoms with Gasteiger partial charge in [-0.05, 0) is 0 Å². The molecule has 1 atom stereocenters. The van der Waals surface area contributed by atoms with E-state index in [-0.39, 0.29) is 18.1 Å². The molecule has 0 aliphatic rings. The number of rotatable bonds is 9. The van der Waals surface area contributed by atoms with Crippen molar-refractivity contribution in [3.63, 3.8) is 0 Å². The summed E-state index contributed by atoms with van der Waals surface area (Å²) in [6.45, 7) is -0.309. The second kappa shape index (κ2) is 8.39. The van der Waals surface area contributed by atoms with Crippen molar-refractivity contribution in [1.29, 1.82) is 0 Å². The Morgan fingerprint density at radius 1 is 1.24 bits per heavy atom. The van der Waals surface area contributed by atoms with Gasteiger partial charge in [-0.25, -0.2) is 0 Å². The van der Waals surface area contributed by atoms with Crippen LogP contribution >= 0.6 is 11.8 Å². The van der Waals surface area contributed by atoms with Crippen molar-refractivity contribution in [1.82, 2.24) is 10.6 Å². The smallest absolute Gasteiger partial charge is 0.243 e. The van der Waals surface area contributed by atoms with Crippen LogP contribution in [0.5, 0.6) is 0 Å². The van der Waals surface area contributed by atoms with E-state index in [0.29, 0.717) is 6.41 Å². The summed E-state index contributed by atoms with van der Waals surface area (Å²) in [6.07, 6.45) is 0.360. The average molecular weight is 262 g/mol. The van der Waals surface area contributed by atoms with Gasteiger partial charge in [-0.3, -0.25) is 19.2 Å². The molecule has 0 bridgehead atoms. The topological polar surface area (TPSA) is 144 Å². The van der Waals surface area contributed by atoms with Crippen LogP contribution < -0.4 is 22.1 Å². The summed E-state index contributed by atoms with van der Waals surface area (Å²) in [5.74, 6) is -1.54. The Balaban J connectivity index is 4.10. The molecular weight excluding hydrogens is 248 g/mol. The fraction of sp³-hybridized carbons (Fsp3) is 0.500. The average Bonchev–Trinajstić information content (AvgIpc) is 2.24. The van der Waals surface area contributed by atoms with E-state index >= 15 is 0 Å². The standard InChI is InChI=1S/C8H14N4O4S/c9-6(14)1-11-8(16)5(12-4-13)2-17-3-7(10)15/h4-5H,1-3H2,(H2,9,14)(H2,10,15)(H,11,16)(H,12,13)/t5-/m0/s1. The van der Waals surface area contributed by atoms with Crippen LogP contribution in [0, 0.1) is 0 Å². The van der Waals surface area contributed by atoms with Crippen LogP contribution in [0.1, 0.15) is 0 Å². The number of thioether (sulfide) groups is 1. The molecule has 0 heterocycles. The van der Waals surface area contributed by atoms with Crippen LogP contribution in [0.2, 0.25) is 0 Å². The lowest BCUT2D eigenvalue weighted by Crippen LogP contribution is -2.47. The lowest BCUT2D eigenvalue weighted by atomic mass is 10.3. The minimum atomic E-state index is -0.837. The Labute approximate surface area is 102 Å². The zero-order valence-corrected chi connectivity index (χ0v) is 9.79. The summed E-state index contributed by atoms with van der Waals surface area (Å²) >= 11 is 1.10. The van der Waals surface area contributed by atoms with Gasteiger partial charge in [-0.15, -0.1) is 11.8 Å². The van der Waals surface area contributed by atoms with E-state index in [1.54, 1.807) is 0 Å². The molecule has 4 amide bonds. The highest BCUT2D eigenvalue weighted by Crippen LogP contribution is 2.02. The summed E-state index contributed by atoms with van der Waals surface area (Å²) in [5.41, 5.74) is 9.76. The molecule has 0 aliphatic heterocycles. The second-order valence-electron chi connectivity index (χ2n) is 3.00. The maximum atomic E-state index is 11.4. The predicted octanol–water partition coefficient (Wildman–Crippen LogP) is -3.08. The largest absolute Gasteiger partial charge is 0.369 e. The zero-order valence-electron chi connectivity index (χ0n) is 8.97. The van der Waals surface area contributed by atoms with E-state index in [0.717, 1.165) is 11.8 Å². The highest BCUT2D eigenvalue weighted by Gasteiger charge is 2.17. The number of primary amides is 2. The normalized spacial score (nSPS) is 11.3. The highest BCUT2D eigenvalue weighted by atomic mass is 32.2. The number of amides is 4. The molecule has 9 heteroatoms. The van der Waals surface area contributed by atoms with Crippen LogP contribution in [0.4, 0.5) is 0 Å². The van der Waals surface area contributed by atoms with Gasteiger partial charge in [0.1, 0.15) is 6.04 Å². The Hall–Kier alpha value is -1.77. The van der Waals surface area contributed by atoms with Crippen molar-refractivity contribution in [2.45, 2.75) is 6.04 Å². The number of hydrogen-bond acceptors (Lipinski definition) is 5. The molecule has 0 aliphatic carbocycles. The van der Waals surface area contributed by atoms with Crippen molar-refractivity contribution in [3.8, 4) is 0 Å². The van der Waals surface area contributed by atoms with Crippen LogP contribution in [0.25, 0.3) is 0 Å². The molecular formula is C8H14N4O4S. The predicted molar refractivity (Wildman–Crippen MR) is 61.7 cm³/mol. The first-order valence-corrected chi connectivity index (χ1v) is 5.74. The second-order valence-corrected chi connectivity index (χ2v) is 4.03. The molecule has 0 rings (SSSR count). The maximum absolute atomic E-state index is 11.4. The lowest BCUT2D eigenvalue weighted by Gasteiger charge is -2.14. The lowest BCUT2D eigenvalue weighted by molar-refractivity contribution is -0.127. The van der Waals surface area contributed by atoms with Crippen LogP contribution in [-0.2, 0) is 19.2 Å². The molecule has 0 radical (unpaired) electrons. The Morgan fingerprint density at radius 2 is 1.88 bits per heavy atom. The molecule has 0 aromatic heterocycles. The van der Waals surface area contributed by atoms with Crippen molar-refractivity contribution < 1.29 is 19.2 Å². The molecule has 17 heavy (non-hydrogen) atoms. The molecule has 0 fully saturated rings. The molecule has 0 spiro atoms. The third-order valence-corrected chi connectivity index (χ3v) is 2.61. The molecule has 0 aromatic rings. The summed E-state index contributed by atoms with van der Waals surface area (Å²) in [6, 6.07) is -0.837. The minimum absolute atomic E-state index is 0.0418. The summed E-state index contributed by atoms with van der Waals surface area (Å²) < 4.78 is 0. The van der Waals surface area contributed by atoms with Crippen LogP contribution in [-0.4, -0.2) is 48.2 Å². The fourth-order valence-electron chi connectivity index (χ4n) is 0.856. The minimum Gasteiger partial charge on any atom is -0.369 e. The first-order chi connectivity index (χ1) is 7.97. The molecule has 96 valence electrons. The Kier molecular flexibility index (Phi) is 7.52. The maximum Gasteiger partial charge on any atom is 0.243 e. The first-order valence-electron chi connectivity index (χ1n) is 4.59. The number of nitrogens with one attached hydrogen (secondary N) is 2. The van der Waals surface area contributed by atoms with Crippen molar-refractivity contribution in [3.05, 3.63) is 0 Å². The van der Waals surface area contributed by atoms with Gasteiger partial charge in [0.15, 0.2) is 0 Å². The monoisotopic (exact) mass is 262 g/mol. The summed E-state index contributed by atoms with van der Waals surface area (Å²) in [4.78, 5) is 42.6. The molecule has 0 unspecified atom stereocenters. The van der Waals surface area contributed by atoms with E-state index in [9.17, 15) is 19.2 Å². The summed E-state index contributed by atoms with van der Waals surface area (Å²) in [5, 5.41) is 4.50. The van der Waals surface area contributed by atoms with Gasteiger partial charge in [0.05, 0.1) is 12.3 Å². The van der Waals surface area contributed by atoms with Crippen LogP contribution in [0.15, 0.2) is 0 Å². The third kappa shape index (κ3) is 8.08. The highest BCUT2D eigenvalue weighted by molar-refractivity contribution is 8.00. The van der Waals surface area contributed by atoms with Gasteiger partial charge in [0.25, 0.3) is 0 Å². The van der Waals surface area contributed by atoms with Gasteiger partial charge in [-0.2, -0.15) is 0 Å². The van der Waals surface area contributed by atoms with E-state index in [1.807, 2.05) is 0 Å². The van der Waals surface area contributed by atoms with Gasteiger partial charge in [0.2, 0.25) is 24.1 Å². The SMILES string of the molecule is NC(=O)CNC(=O)[C@H](CSCC(N)=O)NC=O. The number of carbonyl (C=O) groups is 4. The molecule has 6 N–H and O–H groups in total. The molecule has 0 aromatic carbocycles.